The van der Waals surface area contributed by atoms with Gasteiger partial charge in [0.25, 0.3) is 0 Å². The lowest BCUT2D eigenvalue weighted by Crippen LogP contribution is -2.41. The first kappa shape index (κ1) is 14.6. The van der Waals surface area contributed by atoms with Gasteiger partial charge in [-0.2, -0.15) is 0 Å². The van der Waals surface area contributed by atoms with E-state index >= 15 is 0 Å². The number of nitrogens with one attached hydrogen (secondary N) is 3. The van der Waals surface area contributed by atoms with Crippen LogP contribution in [0.25, 0.3) is 0 Å². The molecule has 0 heterocycles. The van der Waals surface area contributed by atoms with Gasteiger partial charge in [0, 0.05) is 13.6 Å². The summed E-state index contributed by atoms with van der Waals surface area (Å²) in [6.45, 7) is 0.644. The molecule has 0 bridgehead atoms. The van der Waals surface area contributed by atoms with Gasteiger partial charge in [0.1, 0.15) is 5.82 Å². The number of carbonyl (C=O) groups excluding carboxylic acids is 1. The third-order valence-electron chi connectivity index (χ3n) is 2.85. The highest BCUT2D eigenvalue weighted by atomic mass is 35.5. The lowest BCUT2D eigenvalue weighted by molar-refractivity contribution is 0.247. The van der Waals surface area contributed by atoms with Crippen LogP contribution in [0.2, 0.25) is 5.02 Å². The summed E-state index contributed by atoms with van der Waals surface area (Å²) >= 11 is 5.93. The highest BCUT2D eigenvalue weighted by Gasteiger charge is 2.21. The van der Waals surface area contributed by atoms with Crippen molar-refractivity contribution in [2.45, 2.75) is 12.8 Å². The normalized spacial score (nSPS) is 14.8. The number of urea groups is 1. The SMILES string of the molecule is CNC(=O)NC(=NCC1CC1)Nc1ccc(F)cc1Cl. The number of hydrogen-bond donors (Lipinski definition) is 3. The standard InChI is InChI=1S/C13H16ClFN4O/c1-16-13(20)19-12(17-7-8-2-3-8)18-11-5-4-9(15)6-10(11)14/h4-6,8H,2-3,7H2,1H3,(H3,16,17,18,19,20). The van der Waals surface area contributed by atoms with E-state index in [1.54, 1.807) is 0 Å². The molecule has 1 aromatic carbocycles. The van der Waals surface area contributed by atoms with Gasteiger partial charge in [-0.1, -0.05) is 11.6 Å². The zero-order chi connectivity index (χ0) is 14.5. The van der Waals surface area contributed by atoms with Crippen LogP contribution in [0.5, 0.6) is 0 Å². The molecule has 0 aliphatic heterocycles. The van der Waals surface area contributed by atoms with Crippen molar-refractivity contribution in [3.63, 3.8) is 0 Å². The van der Waals surface area contributed by atoms with Crippen LogP contribution in [0.15, 0.2) is 23.2 Å². The van der Waals surface area contributed by atoms with E-state index in [0.717, 1.165) is 12.8 Å². The summed E-state index contributed by atoms with van der Waals surface area (Å²) in [6.07, 6.45) is 2.32. The Kier molecular flexibility index (Phi) is 4.79. The van der Waals surface area contributed by atoms with Gasteiger partial charge >= 0.3 is 6.03 Å². The molecule has 2 rings (SSSR count). The van der Waals surface area contributed by atoms with Crippen LogP contribution >= 0.6 is 11.6 Å². The van der Waals surface area contributed by atoms with Crippen molar-refractivity contribution in [1.82, 2.24) is 10.6 Å². The van der Waals surface area contributed by atoms with Crippen LogP contribution in [-0.4, -0.2) is 25.6 Å². The lowest BCUT2D eigenvalue weighted by Gasteiger charge is -2.12. The van der Waals surface area contributed by atoms with E-state index in [9.17, 15) is 9.18 Å². The summed E-state index contributed by atoms with van der Waals surface area (Å²) in [5.74, 6) is 0.461. The Morgan fingerprint density at radius 1 is 1.50 bits per heavy atom. The summed E-state index contributed by atoms with van der Waals surface area (Å²) in [5, 5.41) is 8.15. The van der Waals surface area contributed by atoms with E-state index in [-0.39, 0.29) is 11.1 Å². The molecule has 0 spiro atoms. The Morgan fingerprint density at radius 2 is 2.25 bits per heavy atom. The average molecular weight is 299 g/mol. The van der Waals surface area contributed by atoms with Crippen LogP contribution in [0.1, 0.15) is 12.8 Å². The highest BCUT2D eigenvalue weighted by Crippen LogP contribution is 2.29. The van der Waals surface area contributed by atoms with Crippen LogP contribution in [0.4, 0.5) is 14.9 Å². The van der Waals surface area contributed by atoms with E-state index in [1.165, 1.54) is 25.2 Å². The number of hydrogen-bond acceptors (Lipinski definition) is 2. The van der Waals surface area contributed by atoms with Crippen molar-refractivity contribution in [2.75, 3.05) is 18.9 Å². The van der Waals surface area contributed by atoms with Crippen molar-refractivity contribution in [3.05, 3.63) is 29.0 Å². The summed E-state index contributed by atoms with van der Waals surface area (Å²) in [7, 11) is 1.51. The second-order valence-corrected chi connectivity index (χ2v) is 4.99. The number of benzene rings is 1. The molecule has 0 atom stereocenters. The number of guanidine groups is 1. The third kappa shape index (κ3) is 4.38. The molecule has 2 amide bonds. The predicted molar refractivity (Wildman–Crippen MR) is 77.7 cm³/mol. The van der Waals surface area contributed by atoms with Crippen molar-refractivity contribution < 1.29 is 9.18 Å². The molecule has 1 aliphatic rings. The minimum absolute atomic E-state index is 0.225. The first-order valence-corrected chi connectivity index (χ1v) is 6.71. The van der Waals surface area contributed by atoms with E-state index in [1.807, 2.05) is 0 Å². The molecule has 0 saturated heterocycles. The molecule has 108 valence electrons. The van der Waals surface area contributed by atoms with Crippen LogP contribution in [-0.2, 0) is 0 Å². The molecule has 0 radical (unpaired) electrons. The fourth-order valence-electron chi connectivity index (χ4n) is 1.52. The van der Waals surface area contributed by atoms with Crippen LogP contribution in [0, 0.1) is 11.7 Å². The topological polar surface area (TPSA) is 65.5 Å². The molecular weight excluding hydrogens is 283 g/mol. The van der Waals surface area contributed by atoms with Gasteiger partial charge < -0.3 is 10.6 Å². The monoisotopic (exact) mass is 298 g/mol. The van der Waals surface area contributed by atoms with Gasteiger partial charge in [-0.15, -0.1) is 0 Å². The smallest absolute Gasteiger partial charge is 0.321 e. The Balaban J connectivity index is 2.08. The molecule has 3 N–H and O–H groups in total. The zero-order valence-corrected chi connectivity index (χ0v) is 11.8. The molecule has 0 unspecified atom stereocenters. The van der Waals surface area contributed by atoms with E-state index in [0.29, 0.717) is 24.1 Å². The number of anilines is 1. The number of nitrogens with zero attached hydrogens (tertiary/aromatic N) is 1. The van der Waals surface area contributed by atoms with Crippen molar-refractivity contribution in [1.29, 1.82) is 0 Å². The van der Waals surface area contributed by atoms with Crippen LogP contribution < -0.4 is 16.0 Å². The second kappa shape index (κ2) is 6.56. The Morgan fingerprint density at radius 3 is 2.85 bits per heavy atom. The minimum atomic E-state index is -0.420. The molecule has 1 saturated carbocycles. The number of aliphatic imine (C=N–C) groups is 1. The zero-order valence-electron chi connectivity index (χ0n) is 11.0. The number of amides is 2. The number of carbonyl (C=O) groups is 1. The Labute approximate surface area is 121 Å². The van der Waals surface area contributed by atoms with Crippen LogP contribution in [0.3, 0.4) is 0 Å². The molecular formula is C13H16ClFN4O. The third-order valence-corrected chi connectivity index (χ3v) is 3.16. The largest absolute Gasteiger partial charge is 0.341 e. The summed E-state index contributed by atoms with van der Waals surface area (Å²) in [4.78, 5) is 15.7. The average Bonchev–Trinajstić information content (AvgIpc) is 3.23. The second-order valence-electron chi connectivity index (χ2n) is 4.59. The van der Waals surface area contributed by atoms with Gasteiger partial charge in [-0.25, -0.2) is 9.18 Å². The van der Waals surface area contributed by atoms with E-state index < -0.39 is 5.82 Å². The molecule has 20 heavy (non-hydrogen) atoms. The van der Waals surface area contributed by atoms with Gasteiger partial charge in [0.15, 0.2) is 0 Å². The maximum Gasteiger partial charge on any atom is 0.321 e. The first-order chi connectivity index (χ1) is 9.58. The summed E-state index contributed by atoms with van der Waals surface area (Å²) in [6, 6.07) is 3.59. The van der Waals surface area contributed by atoms with Gasteiger partial charge in [0.2, 0.25) is 5.96 Å². The molecule has 0 aromatic heterocycles. The molecule has 1 aromatic rings. The molecule has 1 fully saturated rings. The van der Waals surface area contributed by atoms with Crippen molar-refractivity contribution in [3.8, 4) is 0 Å². The fraction of sp³-hybridized carbons (Fsp3) is 0.385. The summed E-state index contributed by atoms with van der Waals surface area (Å²) < 4.78 is 13.0. The number of rotatable bonds is 3. The fourth-order valence-corrected chi connectivity index (χ4v) is 1.73. The number of halogens is 2. The van der Waals surface area contributed by atoms with Gasteiger partial charge in [-0.3, -0.25) is 10.3 Å². The molecule has 5 nitrogen and oxygen atoms in total. The van der Waals surface area contributed by atoms with Crippen molar-refractivity contribution in [2.24, 2.45) is 10.9 Å². The molecule has 1 aliphatic carbocycles. The van der Waals surface area contributed by atoms with E-state index in [2.05, 4.69) is 20.9 Å². The van der Waals surface area contributed by atoms with Crippen molar-refractivity contribution >= 4 is 29.3 Å². The molecule has 7 heteroatoms. The predicted octanol–water partition coefficient (Wildman–Crippen LogP) is 2.59. The Bertz CT molecular complexity index is 531. The highest BCUT2D eigenvalue weighted by molar-refractivity contribution is 6.33. The quantitative estimate of drug-likeness (QED) is 0.593. The first-order valence-electron chi connectivity index (χ1n) is 6.33. The maximum atomic E-state index is 13.0. The van der Waals surface area contributed by atoms with Gasteiger partial charge in [-0.05, 0) is 37.0 Å². The maximum absolute atomic E-state index is 13.0. The van der Waals surface area contributed by atoms with E-state index in [4.69, 9.17) is 11.6 Å². The lowest BCUT2D eigenvalue weighted by atomic mass is 10.3. The summed E-state index contributed by atoms with van der Waals surface area (Å²) in [5.41, 5.74) is 0.485. The minimum Gasteiger partial charge on any atom is -0.341 e. The Hall–Kier alpha value is -1.82. The van der Waals surface area contributed by atoms with Gasteiger partial charge in [0.05, 0.1) is 10.7 Å².